The molecule has 1 heterocycles. The van der Waals surface area contributed by atoms with Crippen LogP contribution in [0, 0.1) is 9.39 Å². The third-order valence-electron chi connectivity index (χ3n) is 4.09. The van der Waals surface area contributed by atoms with Gasteiger partial charge < -0.3 is 14.6 Å². The quantitative estimate of drug-likeness (QED) is 0.244. The van der Waals surface area contributed by atoms with Gasteiger partial charge in [-0.2, -0.15) is 0 Å². The molecule has 0 radical (unpaired) electrons. The molecule has 160 valence electrons. The highest BCUT2D eigenvalue weighted by Crippen LogP contribution is 2.35. The van der Waals surface area contributed by atoms with Crippen molar-refractivity contribution >= 4 is 69.5 Å². The summed E-state index contributed by atoms with van der Waals surface area (Å²) in [5.41, 5.74) is 0.538. The standard InChI is InChI=1S/C20H14FIN2O6S/c1-29-15-8-10(7-14(22)17(15)30-9-16(25)26)6-13-18(27)23-20(31)24(19(13)28)12-4-2-11(21)3-5-12/h2-8H,9H2,1H3,(H,25,26)(H,23,27,31)/b13-6-. The van der Waals surface area contributed by atoms with E-state index in [1.54, 1.807) is 6.07 Å². The molecule has 0 aromatic heterocycles. The average Bonchev–Trinajstić information content (AvgIpc) is 2.71. The lowest BCUT2D eigenvalue weighted by molar-refractivity contribution is -0.139. The molecule has 2 aromatic rings. The van der Waals surface area contributed by atoms with E-state index in [2.05, 4.69) is 5.32 Å². The maximum Gasteiger partial charge on any atom is 0.341 e. The third-order valence-corrected chi connectivity index (χ3v) is 5.18. The van der Waals surface area contributed by atoms with Gasteiger partial charge in [-0.25, -0.2) is 9.18 Å². The molecular weight excluding hydrogens is 542 g/mol. The molecule has 0 bridgehead atoms. The van der Waals surface area contributed by atoms with Gasteiger partial charge in [-0.05, 0) is 82.8 Å². The van der Waals surface area contributed by atoms with Gasteiger partial charge in [-0.3, -0.25) is 19.8 Å². The Morgan fingerprint density at radius 2 is 1.97 bits per heavy atom. The highest BCUT2D eigenvalue weighted by molar-refractivity contribution is 14.1. The second-order valence-electron chi connectivity index (χ2n) is 6.15. The highest BCUT2D eigenvalue weighted by Gasteiger charge is 2.34. The Morgan fingerprint density at radius 1 is 1.29 bits per heavy atom. The fourth-order valence-corrected chi connectivity index (χ4v) is 3.81. The maximum atomic E-state index is 13.2. The van der Waals surface area contributed by atoms with Crippen LogP contribution in [0.5, 0.6) is 11.5 Å². The Kier molecular flexibility index (Phi) is 6.85. The number of carbonyl (C=O) groups is 3. The van der Waals surface area contributed by atoms with E-state index in [0.717, 1.165) is 4.90 Å². The lowest BCUT2D eigenvalue weighted by atomic mass is 10.1. The van der Waals surface area contributed by atoms with E-state index in [9.17, 15) is 18.8 Å². The van der Waals surface area contributed by atoms with E-state index in [0.29, 0.717) is 14.8 Å². The minimum absolute atomic E-state index is 0.122. The summed E-state index contributed by atoms with van der Waals surface area (Å²) in [5, 5.41) is 11.1. The molecule has 2 amide bonds. The van der Waals surface area contributed by atoms with Gasteiger partial charge in [0, 0.05) is 0 Å². The van der Waals surface area contributed by atoms with Crippen LogP contribution in [0.2, 0.25) is 0 Å². The van der Waals surface area contributed by atoms with E-state index < -0.39 is 30.2 Å². The molecule has 0 spiro atoms. The number of hydrogen-bond acceptors (Lipinski definition) is 6. The zero-order valence-corrected chi connectivity index (χ0v) is 18.8. The summed E-state index contributed by atoms with van der Waals surface area (Å²) in [7, 11) is 1.38. The van der Waals surface area contributed by atoms with Crippen LogP contribution in [0.1, 0.15) is 5.56 Å². The SMILES string of the molecule is COc1cc(/C=C2/C(=O)NC(=S)N(c3ccc(F)cc3)C2=O)cc(I)c1OCC(=O)O. The molecule has 31 heavy (non-hydrogen) atoms. The summed E-state index contributed by atoms with van der Waals surface area (Å²) < 4.78 is 24.3. The number of carbonyl (C=O) groups excluding carboxylic acids is 2. The van der Waals surface area contributed by atoms with E-state index in [1.807, 2.05) is 22.6 Å². The number of nitrogens with one attached hydrogen (secondary N) is 1. The summed E-state index contributed by atoms with van der Waals surface area (Å²) in [6.07, 6.45) is 1.35. The number of aliphatic carboxylic acids is 1. The van der Waals surface area contributed by atoms with Gasteiger partial charge >= 0.3 is 5.97 Å². The Bertz CT molecular complexity index is 1120. The number of methoxy groups -OCH3 is 1. The number of amides is 2. The third kappa shape index (κ3) is 4.99. The van der Waals surface area contributed by atoms with Gasteiger partial charge in [0.15, 0.2) is 23.2 Å². The van der Waals surface area contributed by atoms with E-state index in [-0.39, 0.29) is 22.2 Å². The molecule has 1 aliphatic rings. The summed E-state index contributed by atoms with van der Waals surface area (Å²) in [5.74, 6) is -2.54. The number of carboxylic acids is 1. The number of benzene rings is 2. The average molecular weight is 556 g/mol. The van der Waals surface area contributed by atoms with Crippen LogP contribution < -0.4 is 19.7 Å². The van der Waals surface area contributed by atoms with Crippen molar-refractivity contribution in [2.24, 2.45) is 0 Å². The zero-order chi connectivity index (χ0) is 22.7. The van der Waals surface area contributed by atoms with Crippen LogP contribution in [0.4, 0.5) is 10.1 Å². The fraction of sp³-hybridized carbons (Fsp3) is 0.100. The largest absolute Gasteiger partial charge is 0.493 e. The first-order chi connectivity index (χ1) is 14.7. The molecule has 0 saturated carbocycles. The number of thiocarbonyl (C=S) groups is 1. The van der Waals surface area contributed by atoms with Crippen molar-refractivity contribution < 1.29 is 33.4 Å². The number of rotatable bonds is 6. The van der Waals surface area contributed by atoms with Gasteiger partial charge in [-0.15, -0.1) is 0 Å². The first-order valence-corrected chi connectivity index (χ1v) is 10.1. The van der Waals surface area contributed by atoms with Crippen LogP contribution in [0.25, 0.3) is 6.08 Å². The van der Waals surface area contributed by atoms with E-state index >= 15 is 0 Å². The van der Waals surface area contributed by atoms with Gasteiger partial charge in [0.05, 0.1) is 16.4 Å². The van der Waals surface area contributed by atoms with Crippen molar-refractivity contribution in [2.75, 3.05) is 18.6 Å². The number of hydrogen-bond donors (Lipinski definition) is 2. The van der Waals surface area contributed by atoms with Crippen molar-refractivity contribution in [3.05, 3.63) is 56.9 Å². The van der Waals surface area contributed by atoms with Crippen molar-refractivity contribution in [3.8, 4) is 11.5 Å². The van der Waals surface area contributed by atoms with Gasteiger partial charge in [-0.1, -0.05) is 0 Å². The summed E-state index contributed by atoms with van der Waals surface area (Å²) in [6, 6.07) is 8.19. The van der Waals surface area contributed by atoms with E-state index in [1.165, 1.54) is 43.5 Å². The van der Waals surface area contributed by atoms with Crippen molar-refractivity contribution in [3.63, 3.8) is 0 Å². The van der Waals surface area contributed by atoms with Crippen LogP contribution in [0.15, 0.2) is 42.0 Å². The lowest BCUT2D eigenvalue weighted by Crippen LogP contribution is -2.54. The zero-order valence-electron chi connectivity index (χ0n) is 15.8. The molecule has 2 N–H and O–H groups in total. The topological polar surface area (TPSA) is 105 Å². The van der Waals surface area contributed by atoms with Crippen LogP contribution >= 0.6 is 34.8 Å². The molecule has 8 nitrogen and oxygen atoms in total. The van der Waals surface area contributed by atoms with E-state index in [4.69, 9.17) is 26.8 Å². The monoisotopic (exact) mass is 556 g/mol. The van der Waals surface area contributed by atoms with Gasteiger partial charge in [0.2, 0.25) is 0 Å². The lowest BCUT2D eigenvalue weighted by Gasteiger charge is -2.29. The van der Waals surface area contributed by atoms with Crippen molar-refractivity contribution in [1.82, 2.24) is 5.32 Å². The molecule has 2 aromatic carbocycles. The number of anilines is 1. The minimum Gasteiger partial charge on any atom is -0.493 e. The smallest absolute Gasteiger partial charge is 0.341 e. The number of ether oxygens (including phenoxy) is 2. The molecule has 0 aliphatic carbocycles. The summed E-state index contributed by atoms with van der Waals surface area (Å²) in [4.78, 5) is 37.3. The minimum atomic E-state index is -1.15. The summed E-state index contributed by atoms with van der Waals surface area (Å²) >= 11 is 7.03. The Morgan fingerprint density at radius 3 is 2.58 bits per heavy atom. The van der Waals surface area contributed by atoms with Crippen LogP contribution in [0.3, 0.4) is 0 Å². The Balaban J connectivity index is 1.99. The number of carboxylic acid groups (broad SMARTS) is 1. The fourth-order valence-electron chi connectivity index (χ4n) is 2.75. The second kappa shape index (κ2) is 9.39. The van der Waals surface area contributed by atoms with Crippen molar-refractivity contribution in [1.29, 1.82) is 0 Å². The first-order valence-electron chi connectivity index (χ1n) is 8.60. The van der Waals surface area contributed by atoms with Crippen LogP contribution in [-0.4, -0.2) is 41.7 Å². The molecule has 1 fully saturated rings. The Labute approximate surface area is 194 Å². The molecular formula is C20H14FIN2O6S. The molecule has 0 unspecified atom stereocenters. The predicted octanol–water partition coefficient (Wildman–Crippen LogP) is 2.73. The first kappa shape index (κ1) is 22.6. The van der Waals surface area contributed by atoms with Crippen molar-refractivity contribution in [2.45, 2.75) is 0 Å². The second-order valence-corrected chi connectivity index (χ2v) is 7.70. The number of nitrogens with zero attached hydrogens (tertiary/aromatic N) is 1. The molecule has 11 heteroatoms. The highest BCUT2D eigenvalue weighted by atomic mass is 127. The Hall–Kier alpha value is -3.06. The number of halogens is 2. The molecule has 1 saturated heterocycles. The maximum absolute atomic E-state index is 13.2. The molecule has 1 aliphatic heterocycles. The molecule has 0 atom stereocenters. The van der Waals surface area contributed by atoms with Gasteiger partial charge in [0.1, 0.15) is 11.4 Å². The molecule has 3 rings (SSSR count). The predicted molar refractivity (Wildman–Crippen MR) is 121 cm³/mol. The normalized spacial score (nSPS) is 15.1. The summed E-state index contributed by atoms with van der Waals surface area (Å²) in [6.45, 7) is -0.558. The van der Waals surface area contributed by atoms with Crippen LogP contribution in [-0.2, 0) is 14.4 Å². The van der Waals surface area contributed by atoms with Gasteiger partial charge in [0.25, 0.3) is 11.8 Å².